The molecule has 0 aliphatic heterocycles. The molecule has 112 valence electrons. The highest BCUT2D eigenvalue weighted by Crippen LogP contribution is 2.22. The highest BCUT2D eigenvalue weighted by molar-refractivity contribution is 5.94. The Balaban J connectivity index is 3.10. The summed E-state index contributed by atoms with van der Waals surface area (Å²) in [6, 6.07) is 2.17. The van der Waals surface area contributed by atoms with Gasteiger partial charge >= 0.3 is 0 Å². The van der Waals surface area contributed by atoms with Gasteiger partial charge in [0.05, 0.1) is 0 Å². The molecule has 0 aromatic heterocycles. The maximum atomic E-state index is 13.8. The van der Waals surface area contributed by atoms with Crippen molar-refractivity contribution in [3.63, 3.8) is 0 Å². The molecule has 5 heteroatoms. The van der Waals surface area contributed by atoms with Gasteiger partial charge in [0.2, 0.25) is 0 Å². The molecule has 0 fully saturated rings. The van der Waals surface area contributed by atoms with E-state index < -0.39 is 11.6 Å². The molecule has 0 aliphatic rings. The molecular formula is C15H22F2N2O. The standard InChI is InChI=1S/C15H22F2N2O/c1-5-7-19(10(3)4)15(20)11-8-12(16)14(18-6-2)13(17)9-11/h8-10,18H,5-7H2,1-4H3. The van der Waals surface area contributed by atoms with Crippen molar-refractivity contribution in [2.45, 2.75) is 40.2 Å². The van der Waals surface area contributed by atoms with Crippen LogP contribution in [0.5, 0.6) is 0 Å². The van der Waals surface area contributed by atoms with Gasteiger partial charge in [-0.05, 0) is 39.3 Å². The number of carbonyl (C=O) groups excluding carboxylic acids is 1. The average Bonchev–Trinajstić information content (AvgIpc) is 2.38. The lowest BCUT2D eigenvalue weighted by molar-refractivity contribution is 0.0705. The summed E-state index contributed by atoms with van der Waals surface area (Å²) in [5.41, 5.74) is -0.139. The van der Waals surface area contributed by atoms with Crippen molar-refractivity contribution in [2.24, 2.45) is 0 Å². The van der Waals surface area contributed by atoms with Gasteiger partial charge in [-0.3, -0.25) is 4.79 Å². The Bertz CT molecular complexity index is 452. The van der Waals surface area contributed by atoms with Gasteiger partial charge in [-0.25, -0.2) is 8.78 Å². The van der Waals surface area contributed by atoms with Gasteiger partial charge in [-0.15, -0.1) is 0 Å². The maximum absolute atomic E-state index is 13.8. The molecule has 1 amide bonds. The van der Waals surface area contributed by atoms with E-state index in [2.05, 4.69) is 5.32 Å². The largest absolute Gasteiger partial charge is 0.381 e. The second-order valence-corrected chi connectivity index (χ2v) is 4.94. The topological polar surface area (TPSA) is 32.3 Å². The molecule has 0 aliphatic carbocycles. The fourth-order valence-electron chi connectivity index (χ4n) is 2.04. The van der Waals surface area contributed by atoms with Crippen LogP contribution in [0.25, 0.3) is 0 Å². The first-order valence-corrected chi connectivity index (χ1v) is 6.96. The number of benzene rings is 1. The minimum Gasteiger partial charge on any atom is -0.381 e. The average molecular weight is 284 g/mol. The zero-order chi connectivity index (χ0) is 15.3. The summed E-state index contributed by atoms with van der Waals surface area (Å²) in [6.45, 7) is 8.45. The van der Waals surface area contributed by atoms with Crippen LogP contribution in [-0.2, 0) is 0 Å². The molecule has 3 nitrogen and oxygen atoms in total. The number of hydrogen-bond donors (Lipinski definition) is 1. The van der Waals surface area contributed by atoms with E-state index >= 15 is 0 Å². The molecule has 0 bridgehead atoms. The summed E-state index contributed by atoms with van der Waals surface area (Å²) < 4.78 is 27.7. The van der Waals surface area contributed by atoms with Crippen LogP contribution < -0.4 is 5.32 Å². The molecular weight excluding hydrogens is 262 g/mol. The van der Waals surface area contributed by atoms with E-state index in [-0.39, 0.29) is 23.2 Å². The normalized spacial score (nSPS) is 10.8. The first kappa shape index (κ1) is 16.4. The quantitative estimate of drug-likeness (QED) is 0.864. The van der Waals surface area contributed by atoms with Crippen LogP contribution in [-0.4, -0.2) is 29.9 Å². The summed E-state index contributed by atoms with van der Waals surface area (Å²) in [7, 11) is 0. The van der Waals surface area contributed by atoms with Crippen molar-refractivity contribution < 1.29 is 13.6 Å². The van der Waals surface area contributed by atoms with Crippen molar-refractivity contribution in [1.29, 1.82) is 0 Å². The summed E-state index contributed by atoms with van der Waals surface area (Å²) in [5.74, 6) is -1.83. The van der Waals surface area contributed by atoms with E-state index in [0.29, 0.717) is 13.1 Å². The molecule has 20 heavy (non-hydrogen) atoms. The SMILES string of the molecule is CCCN(C(=O)c1cc(F)c(NCC)c(F)c1)C(C)C. The minimum absolute atomic E-state index is 0.0120. The Morgan fingerprint density at radius 3 is 2.20 bits per heavy atom. The predicted molar refractivity (Wildman–Crippen MR) is 77.0 cm³/mol. The minimum atomic E-state index is -0.740. The van der Waals surface area contributed by atoms with E-state index in [0.717, 1.165) is 18.6 Å². The van der Waals surface area contributed by atoms with Crippen molar-refractivity contribution in [3.8, 4) is 0 Å². The van der Waals surface area contributed by atoms with Crippen molar-refractivity contribution >= 4 is 11.6 Å². The van der Waals surface area contributed by atoms with Gasteiger partial charge in [0.1, 0.15) is 17.3 Å². The van der Waals surface area contributed by atoms with Gasteiger partial charge in [0.25, 0.3) is 5.91 Å². The Labute approximate surface area is 119 Å². The lowest BCUT2D eigenvalue weighted by atomic mass is 10.1. The number of amides is 1. The molecule has 1 aromatic carbocycles. The van der Waals surface area contributed by atoms with Gasteiger partial charge in [-0.2, -0.15) is 0 Å². The summed E-state index contributed by atoms with van der Waals surface area (Å²) >= 11 is 0. The van der Waals surface area contributed by atoms with Crippen LogP contribution in [0, 0.1) is 11.6 Å². The van der Waals surface area contributed by atoms with Crippen molar-refractivity contribution in [3.05, 3.63) is 29.3 Å². The Morgan fingerprint density at radius 2 is 1.80 bits per heavy atom. The Morgan fingerprint density at radius 1 is 1.25 bits per heavy atom. The third kappa shape index (κ3) is 3.68. The zero-order valence-electron chi connectivity index (χ0n) is 12.5. The Kier molecular flexibility index (Phi) is 5.92. The molecule has 1 N–H and O–H groups in total. The second kappa shape index (κ2) is 7.22. The van der Waals surface area contributed by atoms with E-state index in [1.54, 1.807) is 11.8 Å². The molecule has 0 atom stereocenters. The van der Waals surface area contributed by atoms with Gasteiger partial charge in [0, 0.05) is 24.7 Å². The first-order valence-electron chi connectivity index (χ1n) is 6.96. The van der Waals surface area contributed by atoms with Crippen molar-refractivity contribution in [2.75, 3.05) is 18.4 Å². The van der Waals surface area contributed by atoms with Crippen molar-refractivity contribution in [1.82, 2.24) is 4.90 Å². The lowest BCUT2D eigenvalue weighted by Gasteiger charge is -2.26. The fourth-order valence-corrected chi connectivity index (χ4v) is 2.04. The summed E-state index contributed by atoms with van der Waals surface area (Å²) in [4.78, 5) is 13.9. The number of halogens is 2. The third-order valence-electron chi connectivity index (χ3n) is 2.99. The molecule has 1 rings (SSSR count). The van der Waals surface area contributed by atoms with Crippen LogP contribution >= 0.6 is 0 Å². The number of anilines is 1. The van der Waals surface area contributed by atoms with E-state index in [9.17, 15) is 13.6 Å². The first-order chi connectivity index (χ1) is 9.42. The highest BCUT2D eigenvalue weighted by atomic mass is 19.1. The lowest BCUT2D eigenvalue weighted by Crippen LogP contribution is -2.37. The number of nitrogens with zero attached hydrogens (tertiary/aromatic N) is 1. The summed E-state index contributed by atoms with van der Waals surface area (Å²) in [6.07, 6.45) is 0.796. The van der Waals surface area contributed by atoms with Crippen LogP contribution in [0.3, 0.4) is 0 Å². The van der Waals surface area contributed by atoms with Crippen LogP contribution in [0.15, 0.2) is 12.1 Å². The van der Waals surface area contributed by atoms with Crippen LogP contribution in [0.1, 0.15) is 44.5 Å². The predicted octanol–water partition coefficient (Wildman–Crippen LogP) is 3.66. The van der Waals surface area contributed by atoms with Gasteiger partial charge in [0.15, 0.2) is 0 Å². The number of rotatable bonds is 6. The Hall–Kier alpha value is -1.65. The van der Waals surface area contributed by atoms with Gasteiger partial charge in [-0.1, -0.05) is 6.92 Å². The number of carbonyl (C=O) groups is 1. The smallest absolute Gasteiger partial charge is 0.254 e. The molecule has 0 saturated heterocycles. The van der Waals surface area contributed by atoms with E-state index in [1.807, 2.05) is 20.8 Å². The zero-order valence-corrected chi connectivity index (χ0v) is 12.5. The highest BCUT2D eigenvalue weighted by Gasteiger charge is 2.21. The molecule has 0 radical (unpaired) electrons. The maximum Gasteiger partial charge on any atom is 0.254 e. The molecule has 0 saturated carbocycles. The summed E-state index contributed by atoms with van der Waals surface area (Å²) in [5, 5.41) is 2.61. The number of hydrogen-bond acceptors (Lipinski definition) is 2. The monoisotopic (exact) mass is 284 g/mol. The van der Waals surface area contributed by atoms with Crippen LogP contribution in [0.2, 0.25) is 0 Å². The third-order valence-corrected chi connectivity index (χ3v) is 2.99. The molecule has 0 spiro atoms. The molecule has 1 aromatic rings. The van der Waals surface area contributed by atoms with Crippen LogP contribution in [0.4, 0.5) is 14.5 Å². The van der Waals surface area contributed by atoms with E-state index in [4.69, 9.17) is 0 Å². The van der Waals surface area contributed by atoms with Gasteiger partial charge < -0.3 is 10.2 Å². The fraction of sp³-hybridized carbons (Fsp3) is 0.533. The molecule has 0 heterocycles. The van der Waals surface area contributed by atoms with E-state index in [1.165, 1.54) is 0 Å². The molecule has 0 unspecified atom stereocenters. The second-order valence-electron chi connectivity index (χ2n) is 4.94. The number of nitrogens with one attached hydrogen (secondary N) is 1.